The molecule has 150 valence electrons. The van der Waals surface area contributed by atoms with Gasteiger partial charge in [-0.25, -0.2) is 8.42 Å². The van der Waals surface area contributed by atoms with Crippen LogP contribution in [0.1, 0.15) is 5.56 Å². The van der Waals surface area contributed by atoms with Crippen molar-refractivity contribution in [3.05, 3.63) is 57.5 Å². The highest BCUT2D eigenvalue weighted by atomic mass is 79.9. The molecule has 0 aliphatic carbocycles. The number of carbonyl (C=O) groups excluding carboxylic acids is 1. The first-order valence-electron chi connectivity index (χ1n) is 8.69. The molecule has 1 amide bonds. The third-order valence-electron chi connectivity index (χ3n) is 4.24. The fourth-order valence-electron chi connectivity index (χ4n) is 2.96. The number of nitrogens with zero attached hydrogens (tertiary/aromatic N) is 1. The van der Waals surface area contributed by atoms with Crippen LogP contribution >= 0.6 is 27.5 Å². The summed E-state index contributed by atoms with van der Waals surface area (Å²) >= 11 is 9.39. The first kappa shape index (κ1) is 21.1. The van der Waals surface area contributed by atoms with Gasteiger partial charge in [-0.15, -0.1) is 0 Å². The minimum absolute atomic E-state index is 0.195. The zero-order valence-corrected chi connectivity index (χ0v) is 18.2. The molecule has 0 spiro atoms. The predicted molar refractivity (Wildman–Crippen MR) is 115 cm³/mol. The van der Waals surface area contributed by atoms with E-state index in [1.54, 1.807) is 36.4 Å². The summed E-state index contributed by atoms with van der Waals surface area (Å²) in [5.41, 5.74) is 1.93. The van der Waals surface area contributed by atoms with Gasteiger partial charge < -0.3 is 15.0 Å². The van der Waals surface area contributed by atoms with E-state index in [1.807, 2.05) is 6.07 Å². The highest BCUT2D eigenvalue weighted by Crippen LogP contribution is 2.30. The van der Waals surface area contributed by atoms with Gasteiger partial charge in [-0.2, -0.15) is 0 Å². The average molecular weight is 488 g/mol. The van der Waals surface area contributed by atoms with Crippen molar-refractivity contribution in [2.24, 2.45) is 0 Å². The molecule has 1 N–H and O–H groups in total. The average Bonchev–Trinajstić information content (AvgIpc) is 2.64. The molecule has 2 aromatic carbocycles. The third-order valence-corrected chi connectivity index (χ3v) is 6.47. The van der Waals surface area contributed by atoms with Gasteiger partial charge in [0.15, 0.2) is 9.84 Å². The van der Waals surface area contributed by atoms with Gasteiger partial charge in [0.25, 0.3) is 0 Å². The molecule has 6 nitrogen and oxygen atoms in total. The van der Waals surface area contributed by atoms with Crippen LogP contribution in [0.5, 0.6) is 0 Å². The second-order valence-electron chi connectivity index (χ2n) is 6.47. The lowest BCUT2D eigenvalue weighted by atomic mass is 10.2. The molecule has 0 atom stereocenters. The van der Waals surface area contributed by atoms with Crippen LogP contribution < -0.4 is 10.2 Å². The highest BCUT2D eigenvalue weighted by Gasteiger charge is 2.21. The number of ether oxygens (including phenoxy) is 1. The number of carbonyl (C=O) groups is 1. The van der Waals surface area contributed by atoms with Gasteiger partial charge in [-0.3, -0.25) is 4.79 Å². The summed E-state index contributed by atoms with van der Waals surface area (Å²) in [6, 6.07) is 12.2. The van der Waals surface area contributed by atoms with Gasteiger partial charge in [-0.1, -0.05) is 39.7 Å². The number of morpholine rings is 1. The number of hydrogen-bond acceptors (Lipinski definition) is 5. The van der Waals surface area contributed by atoms with Crippen molar-refractivity contribution < 1.29 is 17.9 Å². The molecule has 9 heteroatoms. The fourth-order valence-corrected chi connectivity index (χ4v) is 4.67. The second-order valence-corrected chi connectivity index (χ2v) is 9.88. The summed E-state index contributed by atoms with van der Waals surface area (Å²) in [5, 5.41) is 3.17. The predicted octanol–water partition coefficient (Wildman–Crippen LogP) is 3.49. The quantitative estimate of drug-likeness (QED) is 0.675. The van der Waals surface area contributed by atoms with E-state index in [4.69, 9.17) is 16.3 Å². The van der Waals surface area contributed by atoms with E-state index in [0.717, 1.165) is 10.2 Å². The Hall–Kier alpha value is -1.61. The number of rotatable bonds is 6. The Morgan fingerprint density at radius 3 is 2.50 bits per heavy atom. The normalized spacial score (nSPS) is 14.7. The van der Waals surface area contributed by atoms with Gasteiger partial charge in [0, 0.05) is 22.6 Å². The van der Waals surface area contributed by atoms with E-state index in [2.05, 4.69) is 26.1 Å². The third kappa shape index (κ3) is 5.94. The Labute approximate surface area is 177 Å². The topological polar surface area (TPSA) is 75.7 Å². The SMILES string of the molecule is O=C(CS(=O)(=O)Cc1ccc(Br)cc1)Nc1cc(Cl)ccc1N1CCOCC1. The summed E-state index contributed by atoms with van der Waals surface area (Å²) in [5.74, 6) is -1.38. The summed E-state index contributed by atoms with van der Waals surface area (Å²) in [6.45, 7) is 2.56. The van der Waals surface area contributed by atoms with Crippen LogP contribution in [0.25, 0.3) is 0 Å². The van der Waals surface area contributed by atoms with E-state index in [1.165, 1.54) is 0 Å². The number of sulfone groups is 1. The number of amides is 1. The van der Waals surface area contributed by atoms with E-state index in [0.29, 0.717) is 42.6 Å². The summed E-state index contributed by atoms with van der Waals surface area (Å²) in [6.07, 6.45) is 0. The fraction of sp³-hybridized carbons (Fsp3) is 0.316. The standard InChI is InChI=1S/C19H20BrClN2O4S/c20-15-3-1-14(2-4-15)12-28(25,26)13-19(24)22-17-11-16(21)5-6-18(17)23-7-9-27-10-8-23/h1-6,11H,7-10,12-13H2,(H,22,24). The molecule has 0 unspecified atom stereocenters. The van der Waals surface area contributed by atoms with E-state index < -0.39 is 21.5 Å². The van der Waals surface area contributed by atoms with E-state index >= 15 is 0 Å². The van der Waals surface area contributed by atoms with Crippen LogP contribution in [0.4, 0.5) is 11.4 Å². The Bertz CT molecular complexity index is 945. The van der Waals surface area contributed by atoms with Crippen molar-refractivity contribution >= 4 is 54.7 Å². The van der Waals surface area contributed by atoms with Crippen molar-refractivity contribution in [1.29, 1.82) is 0 Å². The Morgan fingerprint density at radius 1 is 1.14 bits per heavy atom. The van der Waals surface area contributed by atoms with Gasteiger partial charge in [0.1, 0.15) is 5.75 Å². The van der Waals surface area contributed by atoms with Gasteiger partial charge in [0.05, 0.1) is 30.3 Å². The number of hydrogen-bond donors (Lipinski definition) is 1. The number of halogens is 2. The van der Waals surface area contributed by atoms with Crippen molar-refractivity contribution in [2.45, 2.75) is 5.75 Å². The smallest absolute Gasteiger partial charge is 0.239 e. The van der Waals surface area contributed by atoms with Crippen molar-refractivity contribution in [1.82, 2.24) is 0 Å². The maximum atomic E-state index is 12.4. The molecular formula is C19H20BrClN2O4S. The molecule has 28 heavy (non-hydrogen) atoms. The molecule has 3 rings (SSSR count). The molecular weight excluding hydrogens is 468 g/mol. The van der Waals surface area contributed by atoms with Crippen molar-refractivity contribution in [3.63, 3.8) is 0 Å². The van der Waals surface area contributed by atoms with Gasteiger partial charge >= 0.3 is 0 Å². The Morgan fingerprint density at radius 2 is 1.82 bits per heavy atom. The van der Waals surface area contributed by atoms with Crippen molar-refractivity contribution in [3.8, 4) is 0 Å². The molecule has 1 heterocycles. The molecule has 1 saturated heterocycles. The van der Waals surface area contributed by atoms with Crippen LogP contribution in [0, 0.1) is 0 Å². The first-order chi connectivity index (χ1) is 13.3. The minimum Gasteiger partial charge on any atom is -0.378 e. The Balaban J connectivity index is 1.70. The molecule has 1 aliphatic heterocycles. The minimum atomic E-state index is -3.61. The summed E-state index contributed by atoms with van der Waals surface area (Å²) < 4.78 is 31.0. The second kappa shape index (κ2) is 9.26. The molecule has 1 aliphatic rings. The first-order valence-corrected chi connectivity index (χ1v) is 11.7. The van der Waals surface area contributed by atoms with Crippen LogP contribution in [-0.2, 0) is 25.1 Å². The lowest BCUT2D eigenvalue weighted by molar-refractivity contribution is -0.113. The Kier molecular flexibility index (Phi) is 6.98. The zero-order valence-electron chi connectivity index (χ0n) is 15.0. The lowest BCUT2D eigenvalue weighted by Crippen LogP contribution is -2.37. The number of nitrogens with one attached hydrogen (secondary N) is 1. The highest BCUT2D eigenvalue weighted by molar-refractivity contribution is 9.10. The largest absolute Gasteiger partial charge is 0.378 e. The zero-order chi connectivity index (χ0) is 20.1. The molecule has 0 radical (unpaired) electrons. The van der Waals surface area contributed by atoms with Crippen LogP contribution in [0.3, 0.4) is 0 Å². The van der Waals surface area contributed by atoms with Gasteiger partial charge in [0.2, 0.25) is 5.91 Å². The van der Waals surface area contributed by atoms with Crippen LogP contribution in [0.15, 0.2) is 46.9 Å². The molecule has 0 aromatic heterocycles. The molecule has 2 aromatic rings. The maximum Gasteiger partial charge on any atom is 0.239 e. The maximum absolute atomic E-state index is 12.4. The molecule has 1 fully saturated rings. The number of benzene rings is 2. The van der Waals surface area contributed by atoms with Crippen LogP contribution in [-0.4, -0.2) is 46.4 Å². The van der Waals surface area contributed by atoms with Crippen LogP contribution in [0.2, 0.25) is 5.02 Å². The molecule has 0 bridgehead atoms. The van der Waals surface area contributed by atoms with Crippen molar-refractivity contribution in [2.75, 3.05) is 42.3 Å². The monoisotopic (exact) mass is 486 g/mol. The van der Waals surface area contributed by atoms with E-state index in [9.17, 15) is 13.2 Å². The number of anilines is 2. The lowest BCUT2D eigenvalue weighted by Gasteiger charge is -2.30. The summed E-state index contributed by atoms with van der Waals surface area (Å²) in [7, 11) is -3.61. The van der Waals surface area contributed by atoms with E-state index in [-0.39, 0.29) is 5.75 Å². The van der Waals surface area contributed by atoms with Gasteiger partial charge in [-0.05, 0) is 35.9 Å². The summed E-state index contributed by atoms with van der Waals surface area (Å²) in [4.78, 5) is 14.5. The molecule has 0 saturated carbocycles.